The molecule has 1 amide bonds. The van der Waals surface area contributed by atoms with Crippen LogP contribution >= 0.6 is 0 Å². The Labute approximate surface area is 117 Å². The molecule has 4 heteroatoms. The van der Waals surface area contributed by atoms with Crippen LogP contribution in [-0.4, -0.2) is 31.7 Å². The molecule has 0 aromatic rings. The van der Waals surface area contributed by atoms with Crippen LogP contribution in [0.25, 0.3) is 0 Å². The molecule has 1 aliphatic rings. The van der Waals surface area contributed by atoms with E-state index in [2.05, 4.69) is 26.1 Å². The monoisotopic (exact) mass is 270 g/mol. The fourth-order valence-corrected chi connectivity index (χ4v) is 2.51. The van der Waals surface area contributed by atoms with Crippen molar-refractivity contribution < 1.29 is 9.53 Å². The Kier molecular flexibility index (Phi) is 7.39. The number of carbonyl (C=O) groups is 1. The number of carbonyl (C=O) groups excluding carboxylic acids is 1. The SMILES string of the molecule is CC(C)COCCCNC(=O)C1CCC(N)C(C)C1. The van der Waals surface area contributed by atoms with Gasteiger partial charge in [0.25, 0.3) is 0 Å². The summed E-state index contributed by atoms with van der Waals surface area (Å²) in [4.78, 5) is 12.0. The molecule has 0 aliphatic heterocycles. The van der Waals surface area contributed by atoms with Crippen molar-refractivity contribution in [1.82, 2.24) is 5.32 Å². The van der Waals surface area contributed by atoms with E-state index in [0.29, 0.717) is 18.4 Å². The van der Waals surface area contributed by atoms with Crippen LogP contribution in [-0.2, 0) is 9.53 Å². The van der Waals surface area contributed by atoms with Crippen molar-refractivity contribution in [3.8, 4) is 0 Å². The molecule has 1 rings (SSSR count). The molecule has 0 heterocycles. The minimum atomic E-state index is 0.159. The lowest BCUT2D eigenvalue weighted by molar-refractivity contribution is -0.126. The molecule has 1 fully saturated rings. The summed E-state index contributed by atoms with van der Waals surface area (Å²) in [6.07, 6.45) is 3.72. The largest absolute Gasteiger partial charge is 0.381 e. The highest BCUT2D eigenvalue weighted by atomic mass is 16.5. The zero-order chi connectivity index (χ0) is 14.3. The van der Waals surface area contributed by atoms with Crippen molar-refractivity contribution in [1.29, 1.82) is 0 Å². The van der Waals surface area contributed by atoms with Crippen molar-refractivity contribution in [2.24, 2.45) is 23.5 Å². The molecule has 0 bridgehead atoms. The Morgan fingerprint density at radius 1 is 1.42 bits per heavy atom. The van der Waals surface area contributed by atoms with Gasteiger partial charge < -0.3 is 15.8 Å². The van der Waals surface area contributed by atoms with Crippen molar-refractivity contribution in [3.63, 3.8) is 0 Å². The molecule has 0 saturated heterocycles. The summed E-state index contributed by atoms with van der Waals surface area (Å²) < 4.78 is 5.49. The first-order chi connectivity index (χ1) is 9.00. The summed E-state index contributed by atoms with van der Waals surface area (Å²) in [6.45, 7) is 8.65. The van der Waals surface area contributed by atoms with Crippen LogP contribution in [0.1, 0.15) is 46.5 Å². The molecule has 0 radical (unpaired) electrons. The standard InChI is InChI=1S/C15H30N2O2/c1-11(2)10-19-8-4-7-17-15(18)13-5-6-14(16)12(3)9-13/h11-14H,4-10,16H2,1-3H3,(H,17,18). The van der Waals surface area contributed by atoms with Gasteiger partial charge in [-0.05, 0) is 37.5 Å². The van der Waals surface area contributed by atoms with Crippen molar-refractivity contribution in [2.45, 2.75) is 52.5 Å². The molecule has 3 N–H and O–H groups in total. The highest BCUT2D eigenvalue weighted by molar-refractivity contribution is 5.78. The van der Waals surface area contributed by atoms with Crippen LogP contribution in [0.15, 0.2) is 0 Å². The van der Waals surface area contributed by atoms with Gasteiger partial charge >= 0.3 is 0 Å². The van der Waals surface area contributed by atoms with E-state index < -0.39 is 0 Å². The third-order valence-electron chi connectivity index (χ3n) is 3.82. The van der Waals surface area contributed by atoms with Gasteiger partial charge in [-0.1, -0.05) is 20.8 Å². The van der Waals surface area contributed by atoms with E-state index in [4.69, 9.17) is 10.5 Å². The molecule has 1 saturated carbocycles. The van der Waals surface area contributed by atoms with Gasteiger partial charge in [0.05, 0.1) is 0 Å². The van der Waals surface area contributed by atoms with Crippen molar-refractivity contribution in [3.05, 3.63) is 0 Å². The maximum atomic E-state index is 12.0. The molecule has 0 spiro atoms. The summed E-state index contributed by atoms with van der Waals surface area (Å²) in [6, 6.07) is 0.272. The summed E-state index contributed by atoms with van der Waals surface area (Å²) in [7, 11) is 0. The van der Waals surface area contributed by atoms with Gasteiger partial charge in [0, 0.05) is 31.7 Å². The molecule has 112 valence electrons. The molecule has 3 unspecified atom stereocenters. The maximum Gasteiger partial charge on any atom is 0.223 e. The summed E-state index contributed by atoms with van der Waals surface area (Å²) in [5, 5.41) is 3.02. The minimum Gasteiger partial charge on any atom is -0.381 e. The van der Waals surface area contributed by atoms with Crippen molar-refractivity contribution in [2.75, 3.05) is 19.8 Å². The lowest BCUT2D eigenvalue weighted by Gasteiger charge is -2.31. The minimum absolute atomic E-state index is 0.159. The van der Waals surface area contributed by atoms with E-state index in [-0.39, 0.29) is 17.9 Å². The normalized spacial score (nSPS) is 27.5. The van der Waals surface area contributed by atoms with Crippen LogP contribution in [0.5, 0.6) is 0 Å². The molecule has 0 aromatic heterocycles. The fourth-order valence-electron chi connectivity index (χ4n) is 2.51. The molecule has 4 nitrogen and oxygen atoms in total. The summed E-state index contributed by atoms with van der Waals surface area (Å²) >= 11 is 0. The average Bonchev–Trinajstić information content (AvgIpc) is 2.36. The predicted octanol–water partition coefficient (Wildman–Crippen LogP) is 1.93. The third kappa shape index (κ3) is 6.39. The molecule has 19 heavy (non-hydrogen) atoms. The fraction of sp³-hybridized carbons (Fsp3) is 0.933. The van der Waals surface area contributed by atoms with E-state index in [9.17, 15) is 4.79 Å². The average molecular weight is 270 g/mol. The van der Waals surface area contributed by atoms with Crippen LogP contribution in [0, 0.1) is 17.8 Å². The number of hydrogen-bond donors (Lipinski definition) is 2. The Hall–Kier alpha value is -0.610. The van der Waals surface area contributed by atoms with Gasteiger partial charge in [0.15, 0.2) is 0 Å². The second-order valence-electron chi connectivity index (χ2n) is 6.26. The van der Waals surface area contributed by atoms with Gasteiger partial charge in [0.1, 0.15) is 0 Å². The highest BCUT2D eigenvalue weighted by Crippen LogP contribution is 2.27. The predicted molar refractivity (Wildman–Crippen MR) is 77.8 cm³/mol. The second-order valence-corrected chi connectivity index (χ2v) is 6.26. The van der Waals surface area contributed by atoms with Gasteiger partial charge in [0.2, 0.25) is 5.91 Å². The quantitative estimate of drug-likeness (QED) is 0.695. The van der Waals surface area contributed by atoms with Crippen LogP contribution in [0.2, 0.25) is 0 Å². The van der Waals surface area contributed by atoms with E-state index in [1.165, 1.54) is 0 Å². The number of hydrogen-bond acceptors (Lipinski definition) is 3. The Morgan fingerprint density at radius 2 is 2.16 bits per heavy atom. The first-order valence-electron chi connectivity index (χ1n) is 7.61. The number of ether oxygens (including phenoxy) is 1. The molecule has 3 atom stereocenters. The number of amides is 1. The molecule has 1 aliphatic carbocycles. The Morgan fingerprint density at radius 3 is 2.79 bits per heavy atom. The van der Waals surface area contributed by atoms with Gasteiger partial charge in [-0.25, -0.2) is 0 Å². The smallest absolute Gasteiger partial charge is 0.223 e. The lowest BCUT2D eigenvalue weighted by Crippen LogP contribution is -2.40. The van der Waals surface area contributed by atoms with E-state index in [0.717, 1.165) is 38.9 Å². The Bertz CT molecular complexity index is 269. The first kappa shape index (κ1) is 16.4. The summed E-state index contributed by atoms with van der Waals surface area (Å²) in [5.41, 5.74) is 5.97. The highest BCUT2D eigenvalue weighted by Gasteiger charge is 2.29. The van der Waals surface area contributed by atoms with E-state index in [1.807, 2.05) is 0 Å². The van der Waals surface area contributed by atoms with Crippen LogP contribution in [0.4, 0.5) is 0 Å². The third-order valence-corrected chi connectivity index (χ3v) is 3.82. The van der Waals surface area contributed by atoms with E-state index >= 15 is 0 Å². The second kappa shape index (κ2) is 8.54. The lowest BCUT2D eigenvalue weighted by atomic mass is 9.79. The topological polar surface area (TPSA) is 64.3 Å². The molecular formula is C15H30N2O2. The molecular weight excluding hydrogens is 240 g/mol. The van der Waals surface area contributed by atoms with Gasteiger partial charge in [-0.3, -0.25) is 4.79 Å². The zero-order valence-corrected chi connectivity index (χ0v) is 12.7. The van der Waals surface area contributed by atoms with Crippen molar-refractivity contribution >= 4 is 5.91 Å². The zero-order valence-electron chi connectivity index (χ0n) is 12.7. The maximum absolute atomic E-state index is 12.0. The van der Waals surface area contributed by atoms with Crippen LogP contribution < -0.4 is 11.1 Å². The molecule has 0 aromatic carbocycles. The van der Waals surface area contributed by atoms with Gasteiger partial charge in [-0.15, -0.1) is 0 Å². The van der Waals surface area contributed by atoms with Gasteiger partial charge in [-0.2, -0.15) is 0 Å². The van der Waals surface area contributed by atoms with E-state index in [1.54, 1.807) is 0 Å². The number of nitrogens with two attached hydrogens (primary N) is 1. The van der Waals surface area contributed by atoms with Crippen LogP contribution in [0.3, 0.4) is 0 Å². The number of nitrogens with one attached hydrogen (secondary N) is 1. The Balaban J connectivity index is 2.08. The first-order valence-corrected chi connectivity index (χ1v) is 7.61. The number of rotatable bonds is 7. The summed E-state index contributed by atoms with van der Waals surface area (Å²) in [5.74, 6) is 1.38.